The highest BCUT2D eigenvalue weighted by molar-refractivity contribution is 7.86. The maximum absolute atomic E-state index is 15.0. The molecule has 0 aromatic heterocycles. The number of thiocarbonyl (C=S) groups is 1. The van der Waals surface area contributed by atoms with Crippen LogP contribution in [0.1, 0.15) is 12.8 Å². The van der Waals surface area contributed by atoms with E-state index in [-0.39, 0.29) is 44.1 Å². The van der Waals surface area contributed by atoms with Gasteiger partial charge in [-0.15, -0.1) is 0 Å². The summed E-state index contributed by atoms with van der Waals surface area (Å²) < 4.78 is 62.1. The molecular formula is C20H27F2N5O4S2. The largest absolute Gasteiger partial charge is 0.442 e. The molecule has 1 saturated carbocycles. The van der Waals surface area contributed by atoms with Crippen LogP contribution in [-0.4, -0.2) is 87.6 Å². The second-order valence-electron chi connectivity index (χ2n) is 8.57. The summed E-state index contributed by atoms with van der Waals surface area (Å²) in [4.78, 5) is 15.7. The summed E-state index contributed by atoms with van der Waals surface area (Å²) in [5.41, 5.74) is -0.166. The summed E-state index contributed by atoms with van der Waals surface area (Å²) in [7, 11) is -0.714. The Labute approximate surface area is 197 Å². The molecule has 13 heteroatoms. The molecule has 1 aromatic carbocycles. The van der Waals surface area contributed by atoms with E-state index in [1.165, 1.54) is 28.2 Å². The number of anilines is 2. The molecule has 1 N–H and O–H groups in total. The number of rotatable bonds is 7. The van der Waals surface area contributed by atoms with E-state index >= 15 is 0 Å². The summed E-state index contributed by atoms with van der Waals surface area (Å²) in [5.74, 6) is -1.25. The first-order chi connectivity index (χ1) is 15.6. The molecule has 1 aromatic rings. The van der Waals surface area contributed by atoms with E-state index in [1.807, 2.05) is 0 Å². The minimum Gasteiger partial charge on any atom is -0.442 e. The first-order valence-electron chi connectivity index (χ1n) is 10.8. The van der Waals surface area contributed by atoms with Crippen molar-refractivity contribution in [2.45, 2.75) is 18.9 Å². The van der Waals surface area contributed by atoms with Crippen molar-refractivity contribution in [1.82, 2.24) is 13.9 Å². The van der Waals surface area contributed by atoms with E-state index in [4.69, 9.17) is 17.0 Å². The Kier molecular flexibility index (Phi) is 6.76. The summed E-state index contributed by atoms with van der Waals surface area (Å²) in [6, 6.07) is 2.21. The third-order valence-corrected chi connectivity index (χ3v) is 8.40. The molecule has 0 bridgehead atoms. The van der Waals surface area contributed by atoms with Gasteiger partial charge in [0.2, 0.25) is 0 Å². The average Bonchev–Trinajstić information content (AvgIpc) is 3.54. The molecule has 1 aliphatic carbocycles. The van der Waals surface area contributed by atoms with Crippen molar-refractivity contribution in [3.05, 3.63) is 23.8 Å². The zero-order valence-corrected chi connectivity index (χ0v) is 20.1. The molecule has 1 atom stereocenters. The Hall–Kier alpha value is -2.09. The Morgan fingerprint density at radius 2 is 1.79 bits per heavy atom. The van der Waals surface area contributed by atoms with Gasteiger partial charge in [0.15, 0.2) is 11.6 Å². The summed E-state index contributed by atoms with van der Waals surface area (Å²) in [6.07, 6.45) is 0.974. The third-order valence-electron chi connectivity index (χ3n) is 5.98. The monoisotopic (exact) mass is 503 g/mol. The van der Waals surface area contributed by atoms with Crippen molar-refractivity contribution in [3.8, 4) is 0 Å². The van der Waals surface area contributed by atoms with Crippen LogP contribution in [0.2, 0.25) is 0 Å². The highest BCUT2D eigenvalue weighted by Crippen LogP contribution is 2.32. The fraction of sp³-hybridized carbons (Fsp3) is 0.600. The topological polar surface area (TPSA) is 85.4 Å². The SMILES string of the molecule is CN(C)S(=O)(=O)N1CCN(c2c(F)cc(N3C[C@H](CNC(=S)C4CC4)OC3=O)cc2F)CC1. The van der Waals surface area contributed by atoms with Gasteiger partial charge in [-0.1, -0.05) is 12.2 Å². The molecule has 9 nitrogen and oxygen atoms in total. The molecule has 2 heterocycles. The van der Waals surface area contributed by atoms with E-state index in [2.05, 4.69) is 5.32 Å². The number of hydrogen-bond donors (Lipinski definition) is 1. The van der Waals surface area contributed by atoms with Crippen LogP contribution in [0.5, 0.6) is 0 Å². The van der Waals surface area contributed by atoms with Crippen LogP contribution in [0, 0.1) is 17.6 Å². The molecule has 0 spiro atoms. The lowest BCUT2D eigenvalue weighted by Gasteiger charge is -2.36. The lowest BCUT2D eigenvalue weighted by Crippen LogP contribution is -2.52. The van der Waals surface area contributed by atoms with Gasteiger partial charge < -0.3 is 15.0 Å². The van der Waals surface area contributed by atoms with Gasteiger partial charge in [0, 0.05) is 58.3 Å². The molecule has 4 rings (SSSR count). The average molecular weight is 504 g/mol. The van der Waals surface area contributed by atoms with E-state index in [0.717, 1.165) is 34.3 Å². The number of carbonyl (C=O) groups is 1. The smallest absolute Gasteiger partial charge is 0.414 e. The summed E-state index contributed by atoms with van der Waals surface area (Å²) in [5, 5.41) is 3.10. The maximum Gasteiger partial charge on any atom is 0.414 e. The van der Waals surface area contributed by atoms with Crippen LogP contribution >= 0.6 is 12.2 Å². The first-order valence-corrected chi connectivity index (χ1v) is 12.6. The number of nitrogens with one attached hydrogen (secondary N) is 1. The molecule has 2 aliphatic heterocycles. The van der Waals surface area contributed by atoms with Crippen molar-refractivity contribution >= 4 is 44.9 Å². The number of halogens is 2. The van der Waals surface area contributed by atoms with E-state index in [0.29, 0.717) is 12.5 Å². The number of ether oxygens (including phenoxy) is 1. The number of benzene rings is 1. The molecule has 3 aliphatic rings. The standard InChI is InChI=1S/C20H27F2N5O4S2/c1-24(2)33(29,30)26-7-5-25(6-8-26)18-16(21)9-14(10-17(18)22)27-12-15(31-20(27)28)11-23-19(32)13-3-4-13/h9-10,13,15H,3-8,11-12H2,1-2H3,(H,23,32)/t15-/m0/s1. The molecule has 3 fully saturated rings. The molecule has 182 valence electrons. The molecule has 1 amide bonds. The van der Waals surface area contributed by atoms with Crippen LogP contribution in [0.3, 0.4) is 0 Å². The number of carbonyl (C=O) groups excluding carboxylic acids is 1. The summed E-state index contributed by atoms with van der Waals surface area (Å²) >= 11 is 5.27. The molecule has 0 radical (unpaired) electrons. The number of cyclic esters (lactones) is 1. The number of nitrogens with zero attached hydrogens (tertiary/aromatic N) is 4. The van der Waals surface area contributed by atoms with Crippen LogP contribution in [0.15, 0.2) is 12.1 Å². The molecule has 2 saturated heterocycles. The van der Waals surface area contributed by atoms with E-state index in [9.17, 15) is 22.0 Å². The van der Waals surface area contributed by atoms with Crippen molar-refractivity contribution in [1.29, 1.82) is 0 Å². The van der Waals surface area contributed by atoms with Crippen LogP contribution in [0.25, 0.3) is 0 Å². The number of amides is 1. The van der Waals surface area contributed by atoms with Crippen LogP contribution in [0.4, 0.5) is 25.0 Å². The summed E-state index contributed by atoms with van der Waals surface area (Å²) in [6.45, 7) is 0.995. The normalized spacial score (nSPS) is 22.1. The quantitative estimate of drug-likeness (QED) is 0.565. The predicted molar refractivity (Wildman–Crippen MR) is 124 cm³/mol. The maximum atomic E-state index is 15.0. The highest BCUT2D eigenvalue weighted by atomic mass is 32.2. The van der Waals surface area contributed by atoms with Crippen LogP contribution in [-0.2, 0) is 14.9 Å². The highest BCUT2D eigenvalue weighted by Gasteiger charge is 2.35. The zero-order chi connectivity index (χ0) is 23.9. The number of hydrogen-bond acceptors (Lipinski definition) is 6. The number of piperazine rings is 1. The fourth-order valence-electron chi connectivity index (χ4n) is 3.93. The molecular weight excluding hydrogens is 476 g/mol. The van der Waals surface area contributed by atoms with Gasteiger partial charge in [-0.25, -0.2) is 13.6 Å². The van der Waals surface area contributed by atoms with Gasteiger partial charge in [-0.05, 0) is 12.8 Å². The Bertz CT molecular complexity index is 1020. The lowest BCUT2D eigenvalue weighted by atomic mass is 10.2. The Morgan fingerprint density at radius 3 is 2.33 bits per heavy atom. The van der Waals surface area contributed by atoms with Crippen molar-refractivity contribution < 1.29 is 26.7 Å². The minimum absolute atomic E-state index is 0.0693. The van der Waals surface area contributed by atoms with Crippen molar-refractivity contribution in [2.75, 3.05) is 63.2 Å². The zero-order valence-electron chi connectivity index (χ0n) is 18.5. The third kappa shape index (κ3) is 5.05. The fourth-order valence-corrected chi connectivity index (χ4v) is 5.33. The van der Waals surface area contributed by atoms with E-state index in [1.54, 1.807) is 0 Å². The van der Waals surface area contributed by atoms with Crippen molar-refractivity contribution in [2.24, 2.45) is 5.92 Å². The van der Waals surface area contributed by atoms with Gasteiger partial charge in [0.25, 0.3) is 10.2 Å². The van der Waals surface area contributed by atoms with Gasteiger partial charge in [-0.2, -0.15) is 17.0 Å². The Balaban J connectivity index is 1.41. The van der Waals surface area contributed by atoms with Crippen LogP contribution < -0.4 is 15.1 Å². The second-order valence-corrected chi connectivity index (χ2v) is 11.2. The molecule has 0 unspecified atom stereocenters. The van der Waals surface area contributed by atoms with Gasteiger partial charge >= 0.3 is 6.09 Å². The van der Waals surface area contributed by atoms with Gasteiger partial charge in [0.1, 0.15) is 11.8 Å². The molecule has 33 heavy (non-hydrogen) atoms. The van der Waals surface area contributed by atoms with Gasteiger partial charge in [0.05, 0.1) is 23.8 Å². The Morgan fingerprint density at radius 1 is 1.18 bits per heavy atom. The lowest BCUT2D eigenvalue weighted by molar-refractivity contribution is 0.143. The minimum atomic E-state index is -3.59. The van der Waals surface area contributed by atoms with E-state index < -0.39 is 34.0 Å². The predicted octanol–water partition coefficient (Wildman–Crippen LogP) is 1.55. The second kappa shape index (κ2) is 9.28. The first kappa shape index (κ1) is 24.0. The van der Waals surface area contributed by atoms with Gasteiger partial charge in [-0.3, -0.25) is 4.90 Å². The van der Waals surface area contributed by atoms with Crippen molar-refractivity contribution in [3.63, 3.8) is 0 Å².